The summed E-state index contributed by atoms with van der Waals surface area (Å²) in [7, 11) is 0. The van der Waals surface area contributed by atoms with E-state index >= 15 is 0 Å². The molecule has 1 aliphatic rings. The standard InChI is InChI=1S/C23H22FN3O3S/c24-20-8-15(16-7-17(26-10-16)9-21(29)22(25)30)5-6-19(20)13-1-3-14(4-2-13)23-27-18(11-28)12-31-23/h1-6,8,12,16-17,26,28H,7,9-11H2,(H2,25,30)/t16-,17?/m1/s1. The number of rotatable bonds is 7. The van der Waals surface area contributed by atoms with E-state index in [0.29, 0.717) is 24.2 Å². The number of Topliss-reactive ketones (excluding diaryl/α,β-unsaturated/α-hetero) is 1. The summed E-state index contributed by atoms with van der Waals surface area (Å²) in [6.45, 7) is 0.526. The highest BCUT2D eigenvalue weighted by Crippen LogP contribution is 2.32. The molecule has 2 aromatic carbocycles. The Morgan fingerprint density at radius 3 is 2.58 bits per heavy atom. The lowest BCUT2D eigenvalue weighted by Crippen LogP contribution is -2.31. The lowest BCUT2D eigenvalue weighted by Gasteiger charge is -2.12. The number of thiazole rings is 1. The molecule has 31 heavy (non-hydrogen) atoms. The van der Waals surface area contributed by atoms with Gasteiger partial charge in [0, 0.05) is 35.5 Å². The van der Waals surface area contributed by atoms with Crippen molar-refractivity contribution < 1.29 is 19.1 Å². The van der Waals surface area contributed by atoms with Gasteiger partial charge in [-0.25, -0.2) is 9.37 Å². The molecule has 1 aromatic heterocycles. The Balaban J connectivity index is 1.46. The minimum Gasteiger partial charge on any atom is -0.390 e. The van der Waals surface area contributed by atoms with Crippen LogP contribution in [-0.4, -0.2) is 34.4 Å². The second-order valence-electron chi connectivity index (χ2n) is 7.65. The molecule has 4 rings (SSSR count). The highest BCUT2D eigenvalue weighted by molar-refractivity contribution is 7.13. The van der Waals surface area contributed by atoms with Crippen molar-refractivity contribution in [3.05, 3.63) is 64.9 Å². The van der Waals surface area contributed by atoms with Gasteiger partial charge >= 0.3 is 0 Å². The molecule has 1 unspecified atom stereocenters. The summed E-state index contributed by atoms with van der Waals surface area (Å²) in [6, 6.07) is 12.6. The molecule has 3 aromatic rings. The Morgan fingerprint density at radius 1 is 1.19 bits per heavy atom. The number of aliphatic hydroxyl groups is 1. The number of halogens is 1. The molecule has 2 atom stereocenters. The van der Waals surface area contributed by atoms with Crippen molar-refractivity contribution in [1.82, 2.24) is 10.3 Å². The Labute approximate surface area is 182 Å². The summed E-state index contributed by atoms with van der Waals surface area (Å²) >= 11 is 1.46. The van der Waals surface area contributed by atoms with Crippen molar-refractivity contribution in [2.45, 2.75) is 31.4 Å². The summed E-state index contributed by atoms with van der Waals surface area (Å²) in [6.07, 6.45) is 0.716. The minimum absolute atomic E-state index is 0.0671. The zero-order chi connectivity index (χ0) is 22.0. The van der Waals surface area contributed by atoms with E-state index in [1.807, 2.05) is 35.7 Å². The van der Waals surface area contributed by atoms with Gasteiger partial charge in [0.05, 0.1) is 12.3 Å². The summed E-state index contributed by atoms with van der Waals surface area (Å²) in [5, 5.41) is 15.0. The van der Waals surface area contributed by atoms with Gasteiger partial charge in [-0.2, -0.15) is 0 Å². The Bertz CT molecular complexity index is 1110. The van der Waals surface area contributed by atoms with Gasteiger partial charge in [0.15, 0.2) is 0 Å². The highest BCUT2D eigenvalue weighted by atomic mass is 32.1. The molecule has 1 amide bonds. The highest BCUT2D eigenvalue weighted by Gasteiger charge is 2.28. The van der Waals surface area contributed by atoms with Crippen molar-refractivity contribution in [2.24, 2.45) is 5.73 Å². The topological polar surface area (TPSA) is 105 Å². The van der Waals surface area contributed by atoms with Crippen LogP contribution >= 0.6 is 11.3 Å². The molecule has 4 N–H and O–H groups in total. The zero-order valence-corrected chi connectivity index (χ0v) is 17.5. The fourth-order valence-corrected chi connectivity index (χ4v) is 4.69. The van der Waals surface area contributed by atoms with Gasteiger partial charge in [-0.3, -0.25) is 9.59 Å². The van der Waals surface area contributed by atoms with Crippen LogP contribution in [0.5, 0.6) is 0 Å². The van der Waals surface area contributed by atoms with Crippen molar-refractivity contribution in [3.8, 4) is 21.7 Å². The molecule has 0 radical (unpaired) electrons. The van der Waals surface area contributed by atoms with Crippen LogP contribution in [0.1, 0.15) is 30.0 Å². The quantitative estimate of drug-likeness (QED) is 0.491. The first-order chi connectivity index (χ1) is 14.9. The van der Waals surface area contributed by atoms with E-state index in [2.05, 4.69) is 10.3 Å². The molecule has 0 spiro atoms. The van der Waals surface area contributed by atoms with E-state index in [1.165, 1.54) is 11.3 Å². The summed E-state index contributed by atoms with van der Waals surface area (Å²) < 4.78 is 14.9. The maximum atomic E-state index is 14.9. The SMILES string of the molecule is NC(=O)C(=O)CC1C[C@@H](c2ccc(-c3ccc(-c4nc(CO)cs4)cc3)c(F)c2)CN1. The molecule has 6 nitrogen and oxygen atoms in total. The number of nitrogens with one attached hydrogen (secondary N) is 1. The summed E-state index contributed by atoms with van der Waals surface area (Å²) in [4.78, 5) is 26.8. The average Bonchev–Trinajstić information content (AvgIpc) is 3.43. The molecule has 1 saturated heterocycles. The number of primary amides is 1. The van der Waals surface area contributed by atoms with E-state index in [4.69, 9.17) is 10.8 Å². The van der Waals surface area contributed by atoms with Crippen LogP contribution in [0.2, 0.25) is 0 Å². The number of hydrogen-bond donors (Lipinski definition) is 3. The van der Waals surface area contributed by atoms with Crippen LogP contribution in [0.25, 0.3) is 21.7 Å². The van der Waals surface area contributed by atoms with Crippen LogP contribution in [0.4, 0.5) is 4.39 Å². The monoisotopic (exact) mass is 439 g/mol. The van der Waals surface area contributed by atoms with Crippen LogP contribution < -0.4 is 11.1 Å². The predicted molar refractivity (Wildman–Crippen MR) is 117 cm³/mol. The van der Waals surface area contributed by atoms with Gasteiger partial charge in [0.1, 0.15) is 10.8 Å². The maximum absolute atomic E-state index is 14.9. The van der Waals surface area contributed by atoms with Gasteiger partial charge in [-0.15, -0.1) is 11.3 Å². The molecular formula is C23H22FN3O3S. The van der Waals surface area contributed by atoms with Crippen molar-refractivity contribution in [1.29, 1.82) is 0 Å². The molecule has 0 saturated carbocycles. The maximum Gasteiger partial charge on any atom is 0.284 e. The Hall–Kier alpha value is -2.94. The first kappa shape index (κ1) is 21.3. The number of aromatic nitrogens is 1. The van der Waals surface area contributed by atoms with Gasteiger partial charge in [-0.1, -0.05) is 36.4 Å². The van der Waals surface area contributed by atoms with Gasteiger partial charge in [-0.05, 0) is 29.5 Å². The summed E-state index contributed by atoms with van der Waals surface area (Å²) in [5.74, 6) is -1.75. The number of carbonyl (C=O) groups is 2. The zero-order valence-electron chi connectivity index (χ0n) is 16.7. The fourth-order valence-electron chi connectivity index (χ4n) is 3.88. The second-order valence-corrected chi connectivity index (χ2v) is 8.51. The predicted octanol–water partition coefficient (Wildman–Crippen LogP) is 3.00. The lowest BCUT2D eigenvalue weighted by molar-refractivity contribution is -0.136. The number of nitrogens with two attached hydrogens (primary N) is 1. The second kappa shape index (κ2) is 9.05. The van der Waals surface area contributed by atoms with E-state index in [9.17, 15) is 14.0 Å². The van der Waals surface area contributed by atoms with Gasteiger partial charge in [0.25, 0.3) is 5.91 Å². The largest absolute Gasteiger partial charge is 0.390 e. The number of hydrogen-bond acceptors (Lipinski definition) is 6. The normalized spacial score (nSPS) is 18.3. The van der Waals surface area contributed by atoms with Crippen molar-refractivity contribution in [3.63, 3.8) is 0 Å². The van der Waals surface area contributed by atoms with E-state index in [-0.39, 0.29) is 30.8 Å². The fraction of sp³-hybridized carbons (Fsp3) is 0.261. The third-order valence-corrected chi connectivity index (χ3v) is 6.49. The van der Waals surface area contributed by atoms with Crippen molar-refractivity contribution in [2.75, 3.05) is 6.54 Å². The first-order valence-corrected chi connectivity index (χ1v) is 10.8. The number of benzene rings is 2. The Morgan fingerprint density at radius 2 is 1.94 bits per heavy atom. The first-order valence-electron chi connectivity index (χ1n) is 9.96. The van der Waals surface area contributed by atoms with Crippen LogP contribution in [0, 0.1) is 5.82 Å². The third kappa shape index (κ3) is 4.71. The van der Waals surface area contributed by atoms with Crippen molar-refractivity contribution >= 4 is 23.0 Å². The number of aliphatic hydroxyl groups excluding tert-OH is 1. The molecule has 0 bridgehead atoms. The molecule has 8 heteroatoms. The van der Waals surface area contributed by atoms with E-state index in [0.717, 1.165) is 21.7 Å². The smallest absolute Gasteiger partial charge is 0.284 e. The lowest BCUT2D eigenvalue weighted by atomic mass is 9.92. The van der Waals surface area contributed by atoms with E-state index < -0.39 is 11.7 Å². The van der Waals surface area contributed by atoms with Crippen LogP contribution in [0.15, 0.2) is 47.8 Å². The third-order valence-electron chi connectivity index (χ3n) is 5.55. The van der Waals surface area contributed by atoms with Gasteiger partial charge < -0.3 is 16.2 Å². The summed E-state index contributed by atoms with van der Waals surface area (Å²) in [5.41, 5.74) is 8.71. The minimum atomic E-state index is -0.921. The molecule has 2 heterocycles. The van der Waals surface area contributed by atoms with Crippen LogP contribution in [-0.2, 0) is 16.2 Å². The number of nitrogens with zero attached hydrogens (tertiary/aromatic N) is 1. The van der Waals surface area contributed by atoms with Crippen LogP contribution in [0.3, 0.4) is 0 Å². The number of amides is 1. The average molecular weight is 440 g/mol. The number of carbonyl (C=O) groups excluding carboxylic acids is 2. The number of ketones is 1. The molecule has 1 fully saturated rings. The molecule has 1 aliphatic heterocycles. The Kier molecular flexibility index (Phi) is 6.22. The van der Waals surface area contributed by atoms with Gasteiger partial charge in [0.2, 0.25) is 5.78 Å². The van der Waals surface area contributed by atoms with E-state index in [1.54, 1.807) is 12.1 Å². The molecule has 160 valence electrons. The molecular weight excluding hydrogens is 417 g/mol. The molecule has 0 aliphatic carbocycles.